The van der Waals surface area contributed by atoms with Crippen molar-refractivity contribution in [3.8, 4) is 28.1 Å². The quantitative estimate of drug-likeness (QED) is 0.473. The van der Waals surface area contributed by atoms with E-state index in [0.717, 1.165) is 22.6 Å². The van der Waals surface area contributed by atoms with Crippen molar-refractivity contribution in [3.05, 3.63) is 66.7 Å². The van der Waals surface area contributed by atoms with E-state index >= 15 is 0 Å². The number of ether oxygens (including phenoxy) is 1. The van der Waals surface area contributed by atoms with Crippen molar-refractivity contribution in [3.63, 3.8) is 0 Å². The van der Waals surface area contributed by atoms with Crippen molar-refractivity contribution >= 4 is 10.9 Å². The standard InChI is InChI=1S/C23H23N3O/c1-15(2)26-22-6-5-17(20-11-21(27-4)14-24-13-20)10-19(22)12-23(26)18-7-8-25-16(3)9-18/h5-15H,1-4H3. The lowest BCUT2D eigenvalue weighted by molar-refractivity contribution is 0.413. The van der Waals surface area contributed by atoms with E-state index in [0.29, 0.717) is 6.04 Å². The molecule has 0 radical (unpaired) electrons. The van der Waals surface area contributed by atoms with E-state index in [9.17, 15) is 0 Å². The monoisotopic (exact) mass is 357 g/mol. The Morgan fingerprint density at radius 3 is 2.52 bits per heavy atom. The smallest absolute Gasteiger partial charge is 0.137 e. The number of hydrogen-bond donors (Lipinski definition) is 0. The zero-order valence-corrected chi connectivity index (χ0v) is 16.1. The lowest BCUT2D eigenvalue weighted by Gasteiger charge is -2.15. The third-order valence-electron chi connectivity index (χ3n) is 4.83. The fourth-order valence-corrected chi connectivity index (χ4v) is 3.59. The summed E-state index contributed by atoms with van der Waals surface area (Å²) in [5.41, 5.74) is 6.84. The average Bonchev–Trinajstić information content (AvgIpc) is 3.07. The topological polar surface area (TPSA) is 39.9 Å². The number of aromatic nitrogens is 3. The SMILES string of the molecule is COc1cncc(-c2ccc3c(c2)cc(-c2ccnc(C)c2)n3C(C)C)c1. The Bertz CT molecular complexity index is 1110. The molecule has 0 aliphatic heterocycles. The number of benzene rings is 1. The van der Waals surface area contributed by atoms with Crippen LogP contribution in [0.25, 0.3) is 33.3 Å². The Morgan fingerprint density at radius 2 is 1.78 bits per heavy atom. The summed E-state index contributed by atoms with van der Waals surface area (Å²) in [5.74, 6) is 0.764. The second-order valence-electron chi connectivity index (χ2n) is 7.07. The normalized spacial score (nSPS) is 11.3. The highest BCUT2D eigenvalue weighted by Crippen LogP contribution is 2.34. The molecule has 4 nitrogen and oxygen atoms in total. The molecule has 0 aliphatic carbocycles. The first-order valence-electron chi connectivity index (χ1n) is 9.14. The van der Waals surface area contributed by atoms with Crippen molar-refractivity contribution in [1.82, 2.24) is 14.5 Å². The molecule has 4 heteroatoms. The number of aryl methyl sites for hydroxylation is 1. The molecule has 0 fully saturated rings. The fourth-order valence-electron chi connectivity index (χ4n) is 3.59. The van der Waals surface area contributed by atoms with Crippen LogP contribution >= 0.6 is 0 Å². The van der Waals surface area contributed by atoms with Crippen LogP contribution in [0.5, 0.6) is 5.75 Å². The van der Waals surface area contributed by atoms with E-state index in [1.54, 1.807) is 13.3 Å². The molecule has 0 atom stereocenters. The maximum Gasteiger partial charge on any atom is 0.137 e. The Labute approximate surface area is 159 Å². The summed E-state index contributed by atoms with van der Waals surface area (Å²) in [5, 5.41) is 1.22. The predicted octanol–water partition coefficient (Wildman–Crippen LogP) is 5.66. The van der Waals surface area contributed by atoms with Crippen LogP contribution in [0.4, 0.5) is 0 Å². The van der Waals surface area contributed by atoms with Crippen LogP contribution in [-0.4, -0.2) is 21.6 Å². The molecule has 3 aromatic heterocycles. The van der Waals surface area contributed by atoms with Gasteiger partial charge in [-0.05, 0) is 62.7 Å². The molecule has 0 bridgehead atoms. The summed E-state index contributed by atoms with van der Waals surface area (Å²) in [6, 6.07) is 15.4. The van der Waals surface area contributed by atoms with Gasteiger partial charge in [0.15, 0.2) is 0 Å². The minimum Gasteiger partial charge on any atom is -0.495 e. The molecule has 0 saturated heterocycles. The largest absolute Gasteiger partial charge is 0.495 e. The van der Waals surface area contributed by atoms with Gasteiger partial charge in [0.2, 0.25) is 0 Å². The zero-order chi connectivity index (χ0) is 19.0. The van der Waals surface area contributed by atoms with Crippen LogP contribution in [0, 0.1) is 6.92 Å². The highest BCUT2D eigenvalue weighted by atomic mass is 16.5. The average molecular weight is 357 g/mol. The number of methoxy groups -OCH3 is 1. The molecule has 1 aromatic carbocycles. The molecule has 0 unspecified atom stereocenters. The van der Waals surface area contributed by atoms with Crippen LogP contribution < -0.4 is 4.74 Å². The van der Waals surface area contributed by atoms with Crippen molar-refractivity contribution in [2.75, 3.05) is 7.11 Å². The van der Waals surface area contributed by atoms with Crippen LogP contribution in [0.3, 0.4) is 0 Å². The Morgan fingerprint density at radius 1 is 0.926 bits per heavy atom. The first kappa shape index (κ1) is 17.3. The molecule has 0 amide bonds. The second kappa shape index (κ2) is 6.88. The van der Waals surface area contributed by atoms with Gasteiger partial charge in [-0.2, -0.15) is 0 Å². The number of nitrogens with zero attached hydrogens (tertiary/aromatic N) is 3. The van der Waals surface area contributed by atoms with E-state index in [4.69, 9.17) is 4.74 Å². The van der Waals surface area contributed by atoms with Gasteiger partial charge in [-0.3, -0.25) is 9.97 Å². The number of hydrogen-bond acceptors (Lipinski definition) is 3. The van der Waals surface area contributed by atoms with E-state index in [-0.39, 0.29) is 0 Å². The highest BCUT2D eigenvalue weighted by molar-refractivity contribution is 5.90. The molecule has 27 heavy (non-hydrogen) atoms. The van der Waals surface area contributed by atoms with Gasteiger partial charge in [0.1, 0.15) is 5.75 Å². The van der Waals surface area contributed by atoms with Crippen LogP contribution in [0.2, 0.25) is 0 Å². The first-order chi connectivity index (χ1) is 13.1. The van der Waals surface area contributed by atoms with Crippen LogP contribution in [0.1, 0.15) is 25.6 Å². The van der Waals surface area contributed by atoms with E-state index in [1.807, 2.05) is 25.4 Å². The van der Waals surface area contributed by atoms with Gasteiger partial charge < -0.3 is 9.30 Å². The molecule has 136 valence electrons. The van der Waals surface area contributed by atoms with E-state index in [2.05, 4.69) is 64.8 Å². The number of fused-ring (bicyclic) bond motifs is 1. The minimum atomic E-state index is 0.357. The minimum absolute atomic E-state index is 0.357. The fraction of sp³-hybridized carbons (Fsp3) is 0.217. The molecule has 0 aliphatic rings. The van der Waals surface area contributed by atoms with Gasteiger partial charge in [-0.25, -0.2) is 0 Å². The van der Waals surface area contributed by atoms with E-state index < -0.39 is 0 Å². The number of rotatable bonds is 4. The van der Waals surface area contributed by atoms with Crippen molar-refractivity contribution in [2.45, 2.75) is 26.8 Å². The first-order valence-corrected chi connectivity index (χ1v) is 9.14. The zero-order valence-electron chi connectivity index (χ0n) is 16.1. The second-order valence-corrected chi connectivity index (χ2v) is 7.07. The van der Waals surface area contributed by atoms with Gasteiger partial charge in [0.05, 0.1) is 13.3 Å². The summed E-state index contributed by atoms with van der Waals surface area (Å²) >= 11 is 0. The summed E-state index contributed by atoms with van der Waals surface area (Å²) in [6.07, 6.45) is 5.47. The number of pyridine rings is 2. The maximum absolute atomic E-state index is 5.31. The predicted molar refractivity (Wildman–Crippen MR) is 110 cm³/mol. The molecular formula is C23H23N3O. The Kier molecular flexibility index (Phi) is 4.40. The van der Waals surface area contributed by atoms with Gasteiger partial charge in [-0.1, -0.05) is 6.07 Å². The van der Waals surface area contributed by atoms with E-state index in [1.165, 1.54) is 22.2 Å². The highest BCUT2D eigenvalue weighted by Gasteiger charge is 2.14. The summed E-state index contributed by atoms with van der Waals surface area (Å²) in [4.78, 5) is 8.62. The van der Waals surface area contributed by atoms with Gasteiger partial charge in [-0.15, -0.1) is 0 Å². The van der Waals surface area contributed by atoms with Crippen molar-refractivity contribution in [1.29, 1.82) is 0 Å². The molecule has 0 spiro atoms. The molecule has 0 saturated carbocycles. The maximum atomic E-state index is 5.31. The third kappa shape index (κ3) is 3.19. The summed E-state index contributed by atoms with van der Waals surface area (Å²) in [6.45, 7) is 6.47. The van der Waals surface area contributed by atoms with Crippen molar-refractivity contribution in [2.24, 2.45) is 0 Å². The van der Waals surface area contributed by atoms with Crippen molar-refractivity contribution < 1.29 is 4.74 Å². The molecule has 3 heterocycles. The molecule has 4 rings (SSSR count). The van der Waals surface area contributed by atoms with Gasteiger partial charge in [0, 0.05) is 51.9 Å². The van der Waals surface area contributed by atoms with Crippen LogP contribution in [-0.2, 0) is 0 Å². The van der Waals surface area contributed by atoms with Crippen LogP contribution in [0.15, 0.2) is 61.1 Å². The third-order valence-corrected chi connectivity index (χ3v) is 4.83. The van der Waals surface area contributed by atoms with Gasteiger partial charge >= 0.3 is 0 Å². The Hall–Kier alpha value is -3.14. The molecular weight excluding hydrogens is 334 g/mol. The summed E-state index contributed by atoms with van der Waals surface area (Å²) in [7, 11) is 1.66. The van der Waals surface area contributed by atoms with Gasteiger partial charge in [0.25, 0.3) is 0 Å². The molecule has 0 N–H and O–H groups in total. The lowest BCUT2D eigenvalue weighted by atomic mass is 10.1. The Balaban J connectivity index is 1.89. The molecule has 4 aromatic rings. The summed E-state index contributed by atoms with van der Waals surface area (Å²) < 4.78 is 7.70. The lowest BCUT2D eigenvalue weighted by Crippen LogP contribution is -2.02.